The van der Waals surface area contributed by atoms with Crippen LogP contribution in [-0.4, -0.2) is 167 Å². The number of phenolic OH excluding ortho intramolecular Hbond substituents is 2. The monoisotopic (exact) mass is 1160 g/mol. The van der Waals surface area contributed by atoms with Gasteiger partial charge in [-0.1, -0.05) is 31.2 Å². The first-order chi connectivity index (χ1) is 39.7. The molecule has 6 aromatic rings. The van der Waals surface area contributed by atoms with Crippen molar-refractivity contribution in [1.29, 1.82) is 0 Å². The van der Waals surface area contributed by atoms with Crippen LogP contribution in [-0.2, 0) is 27.8 Å². The molecule has 0 radical (unpaired) electrons. The first kappa shape index (κ1) is 58.2. The van der Waals surface area contributed by atoms with Gasteiger partial charge in [0.2, 0.25) is 27.7 Å². The number of aryl methyl sites for hydroxylation is 1. The largest absolute Gasteiger partial charge is 0.508 e. The number of aromatic nitrogens is 5. The second kappa shape index (κ2) is 24.1. The zero-order chi connectivity index (χ0) is 58.9. The first-order valence-electron chi connectivity index (χ1n) is 27.9. The van der Waals surface area contributed by atoms with Crippen molar-refractivity contribution in [3.63, 3.8) is 0 Å². The maximum absolute atomic E-state index is 13.9. The predicted octanol–water partition coefficient (Wildman–Crippen LogP) is 7.48. The highest BCUT2D eigenvalue weighted by atomic mass is 32.2. The van der Waals surface area contributed by atoms with Crippen LogP contribution < -0.4 is 29.5 Å². The lowest BCUT2D eigenvalue weighted by Crippen LogP contribution is -2.49. The molecule has 4 aliphatic heterocycles. The van der Waals surface area contributed by atoms with Gasteiger partial charge in [-0.25, -0.2) is 17.7 Å². The standard InChI is InChI=1S/C58H68F3N13O8S/c1-6-39-30-44(49(76)32-48(39)75)51-66-67-53(54(77)63-36(3)58(59,60)61)73(51)41-14-12-37(13-15-41)34-69-26-28-70(29-27-69)35-38-18-22-72(23-19-38)55(78)40-20-24-71(25-21-40)42-16-17-45(50(31-42)82-7-2)64-57-62-33-47-52(65-57)74(83(5,80)81)46-11-9-8-10-43(46)56(79)68(47)4/h8-17,30-33,36,38,40,75-76H,6-7,18-29,34-35H2,1-5H3,(H,63,77)(H,62,64,65). The fraction of sp³-hybridized carbons (Fsp3) is 0.431. The number of carbonyl (C=O) groups is 3. The van der Waals surface area contributed by atoms with Crippen LogP contribution in [0.15, 0.2) is 85.1 Å². The van der Waals surface area contributed by atoms with E-state index in [1.54, 1.807) is 43.4 Å². The van der Waals surface area contributed by atoms with Crippen molar-refractivity contribution < 1.29 is 50.9 Å². The van der Waals surface area contributed by atoms with Crippen LogP contribution in [0.1, 0.15) is 78.6 Å². The number of fused-ring (bicyclic) bond motifs is 2. The lowest BCUT2D eigenvalue weighted by atomic mass is 9.91. The second-order valence-corrected chi connectivity index (χ2v) is 23.4. The van der Waals surface area contributed by atoms with E-state index in [1.807, 2.05) is 49.5 Å². The molecule has 2 aromatic heterocycles. The van der Waals surface area contributed by atoms with Crippen molar-refractivity contribution in [3.8, 4) is 34.3 Å². The highest BCUT2D eigenvalue weighted by molar-refractivity contribution is 7.92. The summed E-state index contributed by atoms with van der Waals surface area (Å²) in [6.45, 7) is 12.9. The Morgan fingerprint density at radius 2 is 1.51 bits per heavy atom. The number of ether oxygens (including phenoxy) is 1. The third-order valence-electron chi connectivity index (χ3n) is 16.0. The molecule has 4 N–H and O–H groups in total. The summed E-state index contributed by atoms with van der Waals surface area (Å²) in [4.78, 5) is 60.3. The van der Waals surface area contributed by atoms with Crippen molar-refractivity contribution in [3.05, 3.63) is 108 Å². The number of amides is 3. The number of anilines is 6. The predicted molar refractivity (Wildman–Crippen MR) is 308 cm³/mol. The van der Waals surface area contributed by atoms with Crippen LogP contribution in [0.4, 0.5) is 47.7 Å². The van der Waals surface area contributed by atoms with E-state index in [2.05, 4.69) is 45.1 Å². The highest BCUT2D eigenvalue weighted by Crippen LogP contribution is 2.42. The Balaban J connectivity index is 0.698. The van der Waals surface area contributed by atoms with Gasteiger partial charge in [0.1, 0.15) is 29.0 Å². The average molecular weight is 1160 g/mol. The minimum atomic E-state index is -4.69. The number of carbonyl (C=O) groups excluding carboxylic acids is 3. The highest BCUT2D eigenvalue weighted by Gasteiger charge is 2.39. The number of rotatable bonds is 16. The van der Waals surface area contributed by atoms with Gasteiger partial charge in [-0.2, -0.15) is 18.2 Å². The van der Waals surface area contributed by atoms with Crippen LogP contribution in [0.3, 0.4) is 0 Å². The molecule has 4 aliphatic rings. The number of nitrogens with zero attached hydrogens (tertiary/aromatic N) is 11. The lowest BCUT2D eigenvalue weighted by molar-refractivity contribution is -0.149. The molecule has 440 valence electrons. The van der Waals surface area contributed by atoms with Gasteiger partial charge in [-0.05, 0) is 105 Å². The summed E-state index contributed by atoms with van der Waals surface area (Å²) in [7, 11) is -2.39. The molecule has 10 rings (SSSR count). The van der Waals surface area contributed by atoms with E-state index in [4.69, 9.17) is 4.74 Å². The number of likely N-dealkylation sites (tertiary alicyclic amines) is 1. The minimum absolute atomic E-state index is 0.0156. The number of piperidine rings is 2. The normalized spacial score (nSPS) is 17.2. The Morgan fingerprint density at radius 3 is 2.18 bits per heavy atom. The van der Waals surface area contributed by atoms with Crippen molar-refractivity contribution in [1.82, 2.24) is 44.7 Å². The van der Waals surface area contributed by atoms with Crippen molar-refractivity contribution in [2.45, 2.75) is 71.6 Å². The number of aromatic hydroxyl groups is 2. The summed E-state index contributed by atoms with van der Waals surface area (Å²) in [5.74, 6) is -1.03. The smallest absolute Gasteiger partial charge is 0.408 e. The number of nitrogens with one attached hydrogen (secondary N) is 2. The number of para-hydroxylation sites is 1. The Hall–Kier alpha value is -8.03. The average Bonchev–Trinajstić information content (AvgIpc) is 3.82. The summed E-state index contributed by atoms with van der Waals surface area (Å²) < 4.78 is 75.4. The van der Waals surface area contributed by atoms with Gasteiger partial charge in [-0.3, -0.25) is 23.9 Å². The van der Waals surface area contributed by atoms with Crippen LogP contribution >= 0.6 is 0 Å². The molecule has 0 aliphatic carbocycles. The van der Waals surface area contributed by atoms with Gasteiger partial charge >= 0.3 is 6.18 Å². The number of benzene rings is 4. The molecule has 0 spiro atoms. The summed E-state index contributed by atoms with van der Waals surface area (Å²) in [5, 5.41) is 34.5. The van der Waals surface area contributed by atoms with Crippen LogP contribution in [0.2, 0.25) is 0 Å². The van der Waals surface area contributed by atoms with Gasteiger partial charge in [0.15, 0.2) is 11.6 Å². The second-order valence-electron chi connectivity index (χ2n) is 21.6. The SMILES string of the molecule is CCOc1cc(N2CCC(C(=O)N3CCC(CN4CCN(Cc5ccc(-n6c(C(=O)NC(C)C(F)(F)F)nnc6-c6cc(CC)c(O)cc6O)cc5)CC4)CC3)CC2)ccc1Nc1ncc2c(n1)N(S(C)(=O)=O)c1ccccc1C(=O)N2C. The number of hydrogen-bond acceptors (Lipinski definition) is 16. The fourth-order valence-corrected chi connectivity index (χ4v) is 12.3. The number of halogens is 3. The molecule has 0 saturated carbocycles. The fourth-order valence-electron chi connectivity index (χ4n) is 11.4. The van der Waals surface area contributed by atoms with Crippen LogP contribution in [0.25, 0.3) is 17.1 Å². The molecule has 3 fully saturated rings. The summed E-state index contributed by atoms with van der Waals surface area (Å²) in [6.07, 6.45) is 1.54. The molecule has 25 heteroatoms. The number of sulfonamides is 1. The minimum Gasteiger partial charge on any atom is -0.508 e. The first-order valence-corrected chi connectivity index (χ1v) is 29.8. The van der Waals surface area contributed by atoms with Gasteiger partial charge in [-0.15, -0.1) is 10.2 Å². The van der Waals surface area contributed by atoms with Crippen LogP contribution in [0.5, 0.6) is 17.2 Å². The van der Waals surface area contributed by atoms with E-state index >= 15 is 0 Å². The maximum Gasteiger partial charge on any atom is 0.408 e. The van der Waals surface area contributed by atoms with E-state index in [0.717, 1.165) is 106 Å². The van der Waals surface area contributed by atoms with E-state index in [0.29, 0.717) is 61.3 Å². The molecular weight excluding hydrogens is 1100 g/mol. The van der Waals surface area contributed by atoms with Crippen molar-refractivity contribution in [2.24, 2.45) is 11.8 Å². The summed E-state index contributed by atoms with van der Waals surface area (Å²) in [6, 6.07) is 20.0. The molecule has 3 saturated heterocycles. The van der Waals surface area contributed by atoms with E-state index in [-0.39, 0.29) is 63.4 Å². The van der Waals surface area contributed by atoms with Gasteiger partial charge in [0, 0.05) is 102 Å². The van der Waals surface area contributed by atoms with Crippen molar-refractivity contribution in [2.75, 3.05) is 98.2 Å². The molecule has 4 aromatic carbocycles. The molecule has 83 heavy (non-hydrogen) atoms. The van der Waals surface area contributed by atoms with Gasteiger partial charge in [0.05, 0.1) is 41.6 Å². The maximum atomic E-state index is 13.9. The van der Waals surface area contributed by atoms with Crippen molar-refractivity contribution >= 4 is 62.3 Å². The Kier molecular flexibility index (Phi) is 16.9. The molecule has 6 heterocycles. The summed E-state index contributed by atoms with van der Waals surface area (Å²) >= 11 is 0. The molecule has 21 nitrogen and oxygen atoms in total. The lowest BCUT2D eigenvalue weighted by Gasteiger charge is -2.40. The Labute approximate surface area is 479 Å². The number of hydrogen-bond donors (Lipinski definition) is 4. The van der Waals surface area contributed by atoms with Crippen LogP contribution in [0, 0.1) is 11.8 Å². The Bertz CT molecular complexity index is 3490. The number of alkyl halides is 3. The molecule has 3 amide bonds. The zero-order valence-electron chi connectivity index (χ0n) is 46.9. The number of phenols is 2. The summed E-state index contributed by atoms with van der Waals surface area (Å²) in [5.41, 5.74) is 4.15. The molecular formula is C58H68F3N13O8S. The molecule has 0 bridgehead atoms. The third-order valence-corrected chi connectivity index (χ3v) is 17.1. The van der Waals surface area contributed by atoms with E-state index < -0.39 is 39.9 Å². The van der Waals surface area contributed by atoms with Gasteiger partial charge < -0.3 is 45.2 Å². The molecule has 1 atom stereocenters. The van der Waals surface area contributed by atoms with E-state index in [1.165, 1.54) is 21.7 Å². The number of piperazine rings is 1. The van der Waals surface area contributed by atoms with E-state index in [9.17, 15) is 46.2 Å². The van der Waals surface area contributed by atoms with Gasteiger partial charge in [0.25, 0.3) is 11.8 Å². The zero-order valence-corrected chi connectivity index (χ0v) is 47.8. The molecule has 1 unspecified atom stereocenters. The topological polar surface area (TPSA) is 235 Å². The third kappa shape index (κ3) is 12.5. The Morgan fingerprint density at radius 1 is 0.819 bits per heavy atom. The quantitative estimate of drug-likeness (QED) is 0.0735.